The maximum Gasteiger partial charge on any atom is 0.472 e. The molecule has 0 amide bonds. The van der Waals surface area contributed by atoms with Gasteiger partial charge in [0.05, 0.1) is 12.7 Å². The normalized spacial score (nSPS) is 16.8. The van der Waals surface area contributed by atoms with Crippen LogP contribution in [-0.4, -0.2) is 23.5 Å². The number of hydrogen-bond acceptors (Lipinski definition) is 3. The van der Waals surface area contributed by atoms with Crippen molar-refractivity contribution >= 4 is 19.4 Å². The molecule has 0 aromatic carbocycles. The predicted octanol–water partition coefficient (Wildman–Crippen LogP) is 1.77. The van der Waals surface area contributed by atoms with E-state index in [-0.39, 0.29) is 18.6 Å². The second-order valence-corrected chi connectivity index (χ2v) is 3.93. The number of halogens is 1. The highest BCUT2D eigenvalue weighted by Gasteiger charge is 2.21. The van der Waals surface area contributed by atoms with Gasteiger partial charge in [0.1, 0.15) is 0 Å². The van der Waals surface area contributed by atoms with E-state index < -0.39 is 7.82 Å². The average Bonchev–Trinajstić information content (AvgIpc) is 1.81. The molecule has 0 aromatic heterocycles. The molecule has 0 aromatic rings. The molecule has 0 aliphatic rings. The Kier molecular flexibility index (Phi) is 5.30. The number of alkyl halides is 1. The third kappa shape index (κ3) is 6.78. The van der Waals surface area contributed by atoms with Crippen molar-refractivity contribution in [1.82, 2.24) is 0 Å². The first kappa shape index (κ1) is 11.4. The van der Waals surface area contributed by atoms with E-state index in [0.717, 1.165) is 0 Å². The van der Waals surface area contributed by atoms with Crippen molar-refractivity contribution in [3.05, 3.63) is 0 Å². The summed E-state index contributed by atoms with van der Waals surface area (Å²) >= 11 is 5.23. The van der Waals surface area contributed by atoms with Gasteiger partial charge in [0.25, 0.3) is 0 Å². The zero-order valence-electron chi connectivity index (χ0n) is 6.49. The molecule has 6 heteroatoms. The first-order chi connectivity index (χ1) is 4.98. The molecular formula is C5H12ClO4P. The molecule has 0 spiro atoms. The first-order valence-electron chi connectivity index (χ1n) is 3.19. The maximum atomic E-state index is 10.8. The molecule has 0 aliphatic heterocycles. The Morgan fingerprint density at radius 1 is 1.64 bits per heavy atom. The molecule has 0 saturated heterocycles. The molecule has 11 heavy (non-hydrogen) atoms. The molecule has 68 valence electrons. The third-order valence-corrected chi connectivity index (χ3v) is 2.03. The summed E-state index contributed by atoms with van der Waals surface area (Å²) in [5.41, 5.74) is 0. The second-order valence-electron chi connectivity index (χ2n) is 2.14. The minimum absolute atomic E-state index is 0.0159. The van der Waals surface area contributed by atoms with Crippen molar-refractivity contribution in [2.45, 2.75) is 20.0 Å². The van der Waals surface area contributed by atoms with Gasteiger partial charge in [-0.25, -0.2) is 4.57 Å². The largest absolute Gasteiger partial charge is 0.472 e. The van der Waals surface area contributed by atoms with Crippen LogP contribution in [0.4, 0.5) is 0 Å². The van der Waals surface area contributed by atoms with E-state index in [4.69, 9.17) is 16.5 Å². The Morgan fingerprint density at radius 2 is 2.18 bits per heavy atom. The van der Waals surface area contributed by atoms with Crippen LogP contribution in [0.1, 0.15) is 13.8 Å². The van der Waals surface area contributed by atoms with Crippen LogP contribution in [0.15, 0.2) is 0 Å². The van der Waals surface area contributed by atoms with Crippen LogP contribution in [0.2, 0.25) is 0 Å². The molecule has 1 unspecified atom stereocenters. The molecular weight excluding hydrogens is 190 g/mol. The topological polar surface area (TPSA) is 55.8 Å². The maximum absolute atomic E-state index is 10.8. The van der Waals surface area contributed by atoms with Crippen molar-refractivity contribution in [1.29, 1.82) is 0 Å². The number of hydrogen-bond donors (Lipinski definition) is 1. The molecule has 0 heterocycles. The number of rotatable bonds is 5. The van der Waals surface area contributed by atoms with Gasteiger partial charge in [-0.2, -0.15) is 0 Å². The Labute approximate surface area is 71.1 Å². The van der Waals surface area contributed by atoms with Gasteiger partial charge in [-0.05, 0) is 13.8 Å². The first-order valence-corrected chi connectivity index (χ1v) is 5.22. The standard InChI is InChI=1S/C5H12ClO4P/c1-5(2)10-11(7,8)9-4-3-6/h5H,3-4H2,1-2H3,(H,7,8). The summed E-state index contributed by atoms with van der Waals surface area (Å²) in [5, 5.41) is 0. The summed E-state index contributed by atoms with van der Waals surface area (Å²) in [6, 6.07) is 0. The fourth-order valence-electron chi connectivity index (χ4n) is 0.447. The quantitative estimate of drug-likeness (QED) is 0.545. The molecule has 1 N–H and O–H groups in total. The Balaban J connectivity index is 3.71. The summed E-state index contributed by atoms with van der Waals surface area (Å²) < 4.78 is 19.9. The van der Waals surface area contributed by atoms with Gasteiger partial charge < -0.3 is 4.89 Å². The van der Waals surface area contributed by atoms with E-state index in [9.17, 15) is 4.57 Å². The molecule has 0 saturated carbocycles. The van der Waals surface area contributed by atoms with E-state index in [1.54, 1.807) is 13.8 Å². The van der Waals surface area contributed by atoms with E-state index in [1.807, 2.05) is 0 Å². The molecule has 0 radical (unpaired) electrons. The van der Waals surface area contributed by atoms with E-state index in [2.05, 4.69) is 9.05 Å². The monoisotopic (exact) mass is 202 g/mol. The Bertz CT molecular complexity index is 149. The molecule has 0 fully saturated rings. The van der Waals surface area contributed by atoms with Crippen molar-refractivity contribution in [3.8, 4) is 0 Å². The van der Waals surface area contributed by atoms with Crippen LogP contribution < -0.4 is 0 Å². The second kappa shape index (κ2) is 5.12. The van der Waals surface area contributed by atoms with E-state index >= 15 is 0 Å². The van der Waals surface area contributed by atoms with Crippen LogP contribution in [-0.2, 0) is 13.6 Å². The van der Waals surface area contributed by atoms with E-state index in [0.29, 0.717) is 0 Å². The molecule has 0 bridgehead atoms. The lowest BCUT2D eigenvalue weighted by Gasteiger charge is -2.13. The van der Waals surface area contributed by atoms with Crippen molar-refractivity contribution in [3.63, 3.8) is 0 Å². The summed E-state index contributed by atoms with van der Waals surface area (Å²) in [6.07, 6.45) is -0.332. The fraction of sp³-hybridized carbons (Fsp3) is 1.00. The zero-order chi connectivity index (χ0) is 8.91. The average molecular weight is 203 g/mol. The fourth-order valence-corrected chi connectivity index (χ4v) is 1.55. The van der Waals surface area contributed by atoms with Crippen LogP contribution in [0.5, 0.6) is 0 Å². The lowest BCUT2D eigenvalue weighted by atomic mass is 10.5. The molecule has 4 nitrogen and oxygen atoms in total. The minimum Gasteiger partial charge on any atom is -0.302 e. The van der Waals surface area contributed by atoms with Gasteiger partial charge in [-0.1, -0.05) is 0 Å². The van der Waals surface area contributed by atoms with Crippen LogP contribution >= 0.6 is 19.4 Å². The lowest BCUT2D eigenvalue weighted by Crippen LogP contribution is -2.03. The molecule has 1 atom stereocenters. The number of phosphoric acid groups is 1. The number of phosphoric ester groups is 1. The highest BCUT2D eigenvalue weighted by Crippen LogP contribution is 2.44. The van der Waals surface area contributed by atoms with Gasteiger partial charge >= 0.3 is 7.82 Å². The minimum atomic E-state index is -3.85. The summed E-state index contributed by atoms with van der Waals surface area (Å²) in [4.78, 5) is 8.87. The van der Waals surface area contributed by atoms with Crippen LogP contribution in [0, 0.1) is 0 Å². The highest BCUT2D eigenvalue weighted by molar-refractivity contribution is 7.47. The lowest BCUT2D eigenvalue weighted by molar-refractivity contribution is 0.125. The smallest absolute Gasteiger partial charge is 0.302 e. The summed E-state index contributed by atoms with van der Waals surface area (Å²) in [6.45, 7) is 3.31. The van der Waals surface area contributed by atoms with Crippen molar-refractivity contribution < 1.29 is 18.5 Å². The molecule has 0 rings (SSSR count). The Morgan fingerprint density at radius 3 is 2.55 bits per heavy atom. The van der Waals surface area contributed by atoms with Gasteiger partial charge in [0, 0.05) is 5.88 Å². The van der Waals surface area contributed by atoms with Crippen LogP contribution in [0.3, 0.4) is 0 Å². The highest BCUT2D eigenvalue weighted by atomic mass is 35.5. The SMILES string of the molecule is CC(C)OP(=O)(O)OCCCl. The third-order valence-electron chi connectivity index (χ3n) is 0.676. The van der Waals surface area contributed by atoms with Gasteiger partial charge in [0.2, 0.25) is 0 Å². The van der Waals surface area contributed by atoms with Crippen LogP contribution in [0.25, 0.3) is 0 Å². The van der Waals surface area contributed by atoms with Gasteiger partial charge in [0.15, 0.2) is 0 Å². The zero-order valence-corrected chi connectivity index (χ0v) is 8.14. The van der Waals surface area contributed by atoms with Gasteiger partial charge in [-0.3, -0.25) is 9.05 Å². The predicted molar refractivity (Wildman–Crippen MR) is 42.7 cm³/mol. The van der Waals surface area contributed by atoms with E-state index in [1.165, 1.54) is 0 Å². The summed E-state index contributed by atoms with van der Waals surface area (Å²) in [7, 11) is -3.85. The summed E-state index contributed by atoms with van der Waals surface area (Å²) in [5.74, 6) is 0.173. The van der Waals surface area contributed by atoms with Crippen molar-refractivity contribution in [2.75, 3.05) is 12.5 Å². The Hall–Kier alpha value is 0.400. The van der Waals surface area contributed by atoms with Crippen molar-refractivity contribution in [2.24, 2.45) is 0 Å². The van der Waals surface area contributed by atoms with Gasteiger partial charge in [-0.15, -0.1) is 11.6 Å². The molecule has 0 aliphatic carbocycles.